The van der Waals surface area contributed by atoms with E-state index in [9.17, 15) is 9.18 Å². The van der Waals surface area contributed by atoms with Gasteiger partial charge in [0.25, 0.3) is 0 Å². The summed E-state index contributed by atoms with van der Waals surface area (Å²) in [5.41, 5.74) is 1.43. The maximum absolute atomic E-state index is 12.9. The molecule has 1 aromatic heterocycles. The van der Waals surface area contributed by atoms with Crippen molar-refractivity contribution in [3.63, 3.8) is 0 Å². The van der Waals surface area contributed by atoms with Crippen molar-refractivity contribution in [2.45, 2.75) is 39.0 Å². The lowest BCUT2D eigenvalue weighted by Gasteiger charge is -2.04. The Hall–Kier alpha value is -2.37. The van der Waals surface area contributed by atoms with Crippen LogP contribution in [-0.2, 0) is 0 Å². The van der Waals surface area contributed by atoms with Gasteiger partial charge in [-0.25, -0.2) is 14.2 Å². The van der Waals surface area contributed by atoms with Crippen LogP contribution in [0.15, 0.2) is 30.5 Å². The highest BCUT2D eigenvalue weighted by atomic mass is 19.1. The van der Waals surface area contributed by atoms with Crippen molar-refractivity contribution in [1.29, 1.82) is 0 Å². The maximum atomic E-state index is 12.9. The number of aromatic nitrogens is 2. The van der Waals surface area contributed by atoms with Gasteiger partial charge in [-0.05, 0) is 36.2 Å². The summed E-state index contributed by atoms with van der Waals surface area (Å²) in [6.45, 7) is 2.76. The number of nitrogens with zero attached hydrogens (tertiary/aromatic N) is 1. The van der Waals surface area contributed by atoms with Crippen molar-refractivity contribution >= 4 is 6.09 Å². The molecule has 6 heteroatoms. The van der Waals surface area contributed by atoms with Crippen LogP contribution in [0.5, 0.6) is 6.01 Å². The molecule has 1 aromatic carbocycles. The number of imidazole rings is 1. The number of halogens is 1. The minimum Gasteiger partial charge on any atom is -0.375 e. The van der Waals surface area contributed by atoms with Gasteiger partial charge in [-0.3, -0.25) is 0 Å². The molecule has 0 aliphatic rings. The van der Waals surface area contributed by atoms with E-state index in [1.165, 1.54) is 31.4 Å². The molecule has 0 saturated carbocycles. The first-order valence-electron chi connectivity index (χ1n) is 7.95. The van der Waals surface area contributed by atoms with E-state index in [4.69, 9.17) is 4.74 Å². The summed E-state index contributed by atoms with van der Waals surface area (Å²) in [6, 6.07) is 6.10. The molecule has 0 fully saturated rings. The van der Waals surface area contributed by atoms with Crippen molar-refractivity contribution in [2.24, 2.45) is 0 Å². The monoisotopic (exact) mass is 319 g/mol. The van der Waals surface area contributed by atoms with Crippen LogP contribution >= 0.6 is 0 Å². The zero-order chi connectivity index (χ0) is 16.5. The molecule has 0 aliphatic carbocycles. The summed E-state index contributed by atoms with van der Waals surface area (Å²) in [5.74, 6) is -0.303. The first kappa shape index (κ1) is 17.0. The molecule has 2 aromatic rings. The fraction of sp³-hybridized carbons (Fsp3) is 0.412. The Bertz CT molecular complexity index is 611. The molecule has 0 unspecified atom stereocenters. The highest BCUT2D eigenvalue weighted by molar-refractivity contribution is 5.69. The third-order valence-corrected chi connectivity index (χ3v) is 3.45. The molecule has 124 valence electrons. The molecule has 0 bridgehead atoms. The normalized spacial score (nSPS) is 10.5. The zero-order valence-corrected chi connectivity index (χ0v) is 13.3. The van der Waals surface area contributed by atoms with Gasteiger partial charge in [-0.15, -0.1) is 0 Å². The lowest BCUT2D eigenvalue weighted by Crippen LogP contribution is -2.28. The first-order valence-corrected chi connectivity index (χ1v) is 7.95. The average molecular weight is 319 g/mol. The van der Waals surface area contributed by atoms with Gasteiger partial charge >= 0.3 is 12.1 Å². The molecule has 23 heavy (non-hydrogen) atoms. The van der Waals surface area contributed by atoms with Gasteiger partial charge in [0.2, 0.25) is 0 Å². The van der Waals surface area contributed by atoms with E-state index in [1.807, 2.05) is 0 Å². The number of rotatable bonds is 8. The SMILES string of the molecule is CCCCCCCNC(=O)Oc1ncc(-c2ccc(F)cc2)[nH]1. The lowest BCUT2D eigenvalue weighted by atomic mass is 10.1. The third kappa shape index (κ3) is 5.73. The quantitative estimate of drug-likeness (QED) is 0.714. The third-order valence-electron chi connectivity index (χ3n) is 3.45. The number of unbranched alkanes of at least 4 members (excludes halogenated alkanes) is 4. The number of carbonyl (C=O) groups is 1. The molecular formula is C17H22FN3O2. The van der Waals surface area contributed by atoms with E-state index in [-0.39, 0.29) is 11.8 Å². The predicted molar refractivity (Wildman–Crippen MR) is 86.8 cm³/mol. The van der Waals surface area contributed by atoms with E-state index in [2.05, 4.69) is 22.2 Å². The van der Waals surface area contributed by atoms with Crippen LogP contribution in [-0.4, -0.2) is 22.6 Å². The first-order chi connectivity index (χ1) is 11.2. The molecule has 0 spiro atoms. The molecular weight excluding hydrogens is 297 g/mol. The molecule has 1 amide bonds. The number of H-pyrrole nitrogens is 1. The molecule has 0 atom stereocenters. The van der Waals surface area contributed by atoms with E-state index >= 15 is 0 Å². The van der Waals surface area contributed by atoms with Crippen molar-refractivity contribution in [3.8, 4) is 17.3 Å². The molecule has 0 aliphatic heterocycles. The number of nitrogens with one attached hydrogen (secondary N) is 2. The van der Waals surface area contributed by atoms with Crippen LogP contribution in [0.4, 0.5) is 9.18 Å². The van der Waals surface area contributed by atoms with Crippen molar-refractivity contribution in [1.82, 2.24) is 15.3 Å². The topological polar surface area (TPSA) is 67.0 Å². The van der Waals surface area contributed by atoms with Gasteiger partial charge in [-0.1, -0.05) is 32.6 Å². The minimum absolute atomic E-state index is 0.118. The predicted octanol–water partition coefficient (Wildman–Crippen LogP) is 4.27. The van der Waals surface area contributed by atoms with E-state index < -0.39 is 6.09 Å². The number of hydrogen-bond acceptors (Lipinski definition) is 3. The number of aromatic amines is 1. The van der Waals surface area contributed by atoms with Gasteiger partial charge in [0.05, 0.1) is 11.9 Å². The van der Waals surface area contributed by atoms with E-state index in [0.717, 1.165) is 18.4 Å². The van der Waals surface area contributed by atoms with Gasteiger partial charge in [0.15, 0.2) is 0 Å². The lowest BCUT2D eigenvalue weighted by molar-refractivity contribution is 0.196. The fourth-order valence-corrected chi connectivity index (χ4v) is 2.17. The Morgan fingerprint density at radius 2 is 1.96 bits per heavy atom. The van der Waals surface area contributed by atoms with Crippen molar-refractivity contribution in [3.05, 3.63) is 36.3 Å². The molecule has 2 N–H and O–H groups in total. The molecule has 0 radical (unpaired) electrons. The summed E-state index contributed by atoms with van der Waals surface area (Å²) in [7, 11) is 0. The second-order valence-electron chi connectivity index (χ2n) is 5.34. The minimum atomic E-state index is -0.527. The summed E-state index contributed by atoms with van der Waals surface area (Å²) in [5, 5.41) is 2.69. The van der Waals surface area contributed by atoms with Gasteiger partial charge in [0.1, 0.15) is 5.82 Å². The van der Waals surface area contributed by atoms with Crippen LogP contribution in [0, 0.1) is 5.82 Å². The Labute approximate surface area is 135 Å². The van der Waals surface area contributed by atoms with Crippen LogP contribution in [0.25, 0.3) is 11.3 Å². The number of ether oxygens (including phenoxy) is 1. The van der Waals surface area contributed by atoms with Crippen molar-refractivity contribution in [2.75, 3.05) is 6.54 Å². The summed E-state index contributed by atoms with van der Waals surface area (Å²) >= 11 is 0. The number of benzene rings is 1. The van der Waals surface area contributed by atoms with Crippen molar-refractivity contribution < 1.29 is 13.9 Å². The van der Waals surface area contributed by atoms with Crippen LogP contribution in [0.3, 0.4) is 0 Å². The Balaban J connectivity index is 1.75. The van der Waals surface area contributed by atoms with Crippen LogP contribution in [0.1, 0.15) is 39.0 Å². The Kier molecular flexibility index (Phi) is 6.59. The second kappa shape index (κ2) is 8.92. The molecule has 0 saturated heterocycles. The summed E-state index contributed by atoms with van der Waals surface area (Å²) in [6.07, 6.45) is 6.67. The molecule has 2 rings (SSSR count). The molecule has 5 nitrogen and oxygen atoms in total. The number of hydrogen-bond donors (Lipinski definition) is 2. The van der Waals surface area contributed by atoms with E-state index in [0.29, 0.717) is 12.2 Å². The van der Waals surface area contributed by atoms with Gasteiger partial charge in [-0.2, -0.15) is 0 Å². The van der Waals surface area contributed by atoms with Crippen LogP contribution in [0.2, 0.25) is 0 Å². The number of carbonyl (C=O) groups excluding carboxylic acids is 1. The maximum Gasteiger partial charge on any atom is 0.415 e. The summed E-state index contributed by atoms with van der Waals surface area (Å²) < 4.78 is 18.0. The van der Waals surface area contributed by atoms with Gasteiger partial charge in [0, 0.05) is 6.54 Å². The summed E-state index contributed by atoms with van der Waals surface area (Å²) in [4.78, 5) is 18.5. The fourth-order valence-electron chi connectivity index (χ4n) is 2.17. The number of amides is 1. The van der Waals surface area contributed by atoms with Crippen LogP contribution < -0.4 is 10.1 Å². The Morgan fingerprint density at radius 1 is 1.22 bits per heavy atom. The Morgan fingerprint density at radius 3 is 2.70 bits per heavy atom. The molecule has 1 heterocycles. The standard InChI is InChI=1S/C17H22FN3O2/c1-2-3-4-5-6-11-19-17(22)23-16-20-12-15(21-16)13-7-9-14(18)10-8-13/h7-10,12H,2-6,11H2,1H3,(H,19,22)(H,20,21). The highest BCUT2D eigenvalue weighted by Crippen LogP contribution is 2.19. The smallest absolute Gasteiger partial charge is 0.375 e. The van der Waals surface area contributed by atoms with E-state index in [1.54, 1.807) is 18.3 Å². The van der Waals surface area contributed by atoms with Gasteiger partial charge < -0.3 is 15.0 Å². The largest absolute Gasteiger partial charge is 0.415 e. The average Bonchev–Trinajstić information content (AvgIpc) is 3.00. The highest BCUT2D eigenvalue weighted by Gasteiger charge is 2.08. The second-order valence-corrected chi connectivity index (χ2v) is 5.34. The zero-order valence-electron chi connectivity index (χ0n) is 13.3.